The summed E-state index contributed by atoms with van der Waals surface area (Å²) in [4.78, 5) is 16.3. The van der Waals surface area contributed by atoms with E-state index in [0.717, 1.165) is 12.1 Å². The molecule has 0 aliphatic carbocycles. The van der Waals surface area contributed by atoms with Crippen molar-refractivity contribution in [1.82, 2.24) is 20.1 Å². The highest BCUT2D eigenvalue weighted by Crippen LogP contribution is 2.17. The van der Waals surface area contributed by atoms with Gasteiger partial charge in [-0.3, -0.25) is 9.67 Å². The Bertz CT molecular complexity index is 634. The lowest BCUT2D eigenvalue weighted by molar-refractivity contribution is 0.172. The van der Waals surface area contributed by atoms with Gasteiger partial charge in [0.25, 0.3) is 0 Å². The molecule has 1 unspecified atom stereocenters. The van der Waals surface area contributed by atoms with E-state index in [0.29, 0.717) is 25.4 Å². The maximum atomic E-state index is 12.0. The number of nitrogens with one attached hydrogen (secondary N) is 2. The van der Waals surface area contributed by atoms with Gasteiger partial charge in [-0.05, 0) is 25.5 Å². The third-order valence-corrected chi connectivity index (χ3v) is 3.58. The van der Waals surface area contributed by atoms with Gasteiger partial charge in [-0.15, -0.1) is 0 Å². The van der Waals surface area contributed by atoms with Gasteiger partial charge in [0.2, 0.25) is 0 Å². The minimum Gasteiger partial charge on any atom is -0.379 e. The molecule has 2 amide bonds. The summed E-state index contributed by atoms with van der Waals surface area (Å²) in [6.45, 7) is 3.76. The molecule has 3 rings (SSSR count). The average molecular weight is 301 g/mol. The summed E-state index contributed by atoms with van der Waals surface area (Å²) in [7, 11) is 0. The Balaban J connectivity index is 1.56. The van der Waals surface area contributed by atoms with Gasteiger partial charge in [0.05, 0.1) is 36.3 Å². The lowest BCUT2D eigenvalue weighted by Gasteiger charge is -2.23. The normalized spacial score (nSPS) is 20.8. The van der Waals surface area contributed by atoms with Crippen LogP contribution in [0.5, 0.6) is 0 Å². The zero-order chi connectivity index (χ0) is 15.4. The summed E-state index contributed by atoms with van der Waals surface area (Å²) in [5.74, 6) is 0. The Labute approximate surface area is 128 Å². The highest BCUT2D eigenvalue weighted by atomic mass is 16.5. The molecule has 1 saturated heterocycles. The highest BCUT2D eigenvalue weighted by molar-refractivity contribution is 5.89. The van der Waals surface area contributed by atoms with E-state index in [2.05, 4.69) is 20.7 Å². The molecular formula is C15H19N5O2. The predicted molar refractivity (Wildman–Crippen MR) is 81.6 cm³/mol. The molecule has 0 aromatic carbocycles. The van der Waals surface area contributed by atoms with Gasteiger partial charge >= 0.3 is 6.03 Å². The maximum Gasteiger partial charge on any atom is 0.319 e. The quantitative estimate of drug-likeness (QED) is 0.899. The molecule has 0 bridgehead atoms. The standard InChI is InChI=1S/C15H19N5O2/c1-15(5-7-22-11-15)19-14(21)18-13-8-17-20(10-13)9-12-4-2-3-6-16-12/h2-4,6,8,10H,5,7,9,11H2,1H3,(H2,18,19,21). The molecule has 0 saturated carbocycles. The van der Waals surface area contributed by atoms with Crippen molar-refractivity contribution in [3.05, 3.63) is 42.5 Å². The number of anilines is 1. The minimum atomic E-state index is -0.298. The van der Waals surface area contributed by atoms with Crippen LogP contribution in [0.15, 0.2) is 36.8 Å². The Morgan fingerprint density at radius 1 is 1.50 bits per heavy atom. The first-order chi connectivity index (χ1) is 10.6. The summed E-state index contributed by atoms with van der Waals surface area (Å²) in [6.07, 6.45) is 5.97. The van der Waals surface area contributed by atoms with Gasteiger partial charge in [-0.25, -0.2) is 4.79 Å². The van der Waals surface area contributed by atoms with Crippen LogP contribution in [-0.2, 0) is 11.3 Å². The Kier molecular flexibility index (Phi) is 4.06. The number of amides is 2. The van der Waals surface area contributed by atoms with E-state index in [1.807, 2.05) is 25.1 Å². The number of carbonyl (C=O) groups excluding carboxylic acids is 1. The first-order valence-electron chi connectivity index (χ1n) is 7.22. The van der Waals surface area contributed by atoms with E-state index in [-0.39, 0.29) is 11.6 Å². The Morgan fingerprint density at radius 2 is 2.41 bits per heavy atom. The van der Waals surface area contributed by atoms with Crippen LogP contribution in [0.4, 0.5) is 10.5 Å². The van der Waals surface area contributed by atoms with Crippen molar-refractivity contribution in [2.75, 3.05) is 18.5 Å². The van der Waals surface area contributed by atoms with Crippen LogP contribution < -0.4 is 10.6 Å². The smallest absolute Gasteiger partial charge is 0.319 e. The monoisotopic (exact) mass is 301 g/mol. The third kappa shape index (κ3) is 3.62. The second kappa shape index (κ2) is 6.15. The number of urea groups is 1. The number of pyridine rings is 1. The summed E-state index contributed by atoms with van der Waals surface area (Å²) < 4.78 is 7.05. The van der Waals surface area contributed by atoms with Crippen molar-refractivity contribution in [2.45, 2.75) is 25.4 Å². The van der Waals surface area contributed by atoms with Gasteiger partial charge in [0.1, 0.15) is 0 Å². The predicted octanol–water partition coefficient (Wildman–Crippen LogP) is 1.63. The zero-order valence-corrected chi connectivity index (χ0v) is 12.5. The molecule has 1 aliphatic heterocycles. The van der Waals surface area contributed by atoms with Crippen molar-refractivity contribution in [3.8, 4) is 0 Å². The fourth-order valence-corrected chi connectivity index (χ4v) is 2.37. The van der Waals surface area contributed by atoms with E-state index in [1.54, 1.807) is 23.3 Å². The third-order valence-electron chi connectivity index (χ3n) is 3.58. The molecule has 2 aromatic rings. The van der Waals surface area contributed by atoms with E-state index in [1.165, 1.54) is 0 Å². The van der Waals surface area contributed by atoms with E-state index in [9.17, 15) is 4.79 Å². The number of ether oxygens (including phenoxy) is 1. The van der Waals surface area contributed by atoms with Crippen molar-refractivity contribution >= 4 is 11.7 Å². The number of aromatic nitrogens is 3. The molecule has 3 heterocycles. The summed E-state index contributed by atoms with van der Waals surface area (Å²) in [5, 5.41) is 9.95. The molecule has 0 radical (unpaired) electrons. The Morgan fingerprint density at radius 3 is 3.14 bits per heavy atom. The first-order valence-corrected chi connectivity index (χ1v) is 7.22. The van der Waals surface area contributed by atoms with E-state index >= 15 is 0 Å². The fraction of sp³-hybridized carbons (Fsp3) is 0.400. The van der Waals surface area contributed by atoms with E-state index in [4.69, 9.17) is 4.74 Å². The van der Waals surface area contributed by atoms with Gasteiger partial charge in [0, 0.05) is 19.0 Å². The molecule has 22 heavy (non-hydrogen) atoms. The molecule has 7 nitrogen and oxygen atoms in total. The van der Waals surface area contributed by atoms with E-state index < -0.39 is 0 Å². The lowest BCUT2D eigenvalue weighted by atomic mass is 10.0. The van der Waals surface area contributed by atoms with Crippen LogP contribution in [0.1, 0.15) is 19.0 Å². The maximum absolute atomic E-state index is 12.0. The van der Waals surface area contributed by atoms with Gasteiger partial charge in [-0.2, -0.15) is 5.10 Å². The number of hydrogen-bond acceptors (Lipinski definition) is 4. The number of nitrogens with zero attached hydrogens (tertiary/aromatic N) is 3. The van der Waals surface area contributed by atoms with Gasteiger partial charge in [-0.1, -0.05) is 6.07 Å². The fourth-order valence-electron chi connectivity index (χ4n) is 2.37. The molecule has 7 heteroatoms. The molecule has 0 spiro atoms. The van der Waals surface area contributed by atoms with Crippen LogP contribution in [0.25, 0.3) is 0 Å². The molecule has 1 atom stereocenters. The van der Waals surface area contributed by atoms with Crippen molar-refractivity contribution < 1.29 is 9.53 Å². The van der Waals surface area contributed by atoms with Crippen LogP contribution in [-0.4, -0.2) is 39.5 Å². The van der Waals surface area contributed by atoms with Gasteiger partial charge < -0.3 is 15.4 Å². The van der Waals surface area contributed by atoms with Crippen molar-refractivity contribution in [3.63, 3.8) is 0 Å². The van der Waals surface area contributed by atoms with Crippen LogP contribution in [0, 0.1) is 0 Å². The average Bonchev–Trinajstić information content (AvgIpc) is 3.09. The number of rotatable bonds is 4. The lowest BCUT2D eigenvalue weighted by Crippen LogP contribution is -2.48. The van der Waals surface area contributed by atoms with Crippen molar-refractivity contribution in [2.24, 2.45) is 0 Å². The summed E-state index contributed by atoms with van der Waals surface area (Å²) in [6, 6.07) is 5.49. The van der Waals surface area contributed by atoms with Gasteiger partial charge in [0.15, 0.2) is 0 Å². The Hall–Kier alpha value is -2.41. The topological polar surface area (TPSA) is 81.1 Å². The van der Waals surface area contributed by atoms with Crippen LogP contribution in [0.3, 0.4) is 0 Å². The van der Waals surface area contributed by atoms with Crippen molar-refractivity contribution in [1.29, 1.82) is 0 Å². The molecule has 2 aromatic heterocycles. The zero-order valence-electron chi connectivity index (χ0n) is 12.5. The number of carbonyl (C=O) groups is 1. The first kappa shape index (κ1) is 14.5. The summed E-state index contributed by atoms with van der Waals surface area (Å²) in [5.41, 5.74) is 1.27. The second-order valence-corrected chi connectivity index (χ2v) is 5.69. The molecular weight excluding hydrogens is 282 g/mol. The molecule has 116 valence electrons. The number of hydrogen-bond donors (Lipinski definition) is 2. The highest BCUT2D eigenvalue weighted by Gasteiger charge is 2.31. The SMILES string of the molecule is CC1(NC(=O)Nc2cnn(Cc3ccccn3)c2)CCOC1. The molecule has 1 fully saturated rings. The largest absolute Gasteiger partial charge is 0.379 e. The van der Waals surface area contributed by atoms with Crippen LogP contribution >= 0.6 is 0 Å². The van der Waals surface area contributed by atoms with Crippen LogP contribution in [0.2, 0.25) is 0 Å². The summed E-state index contributed by atoms with van der Waals surface area (Å²) >= 11 is 0. The minimum absolute atomic E-state index is 0.245. The molecule has 2 N–H and O–H groups in total. The molecule has 1 aliphatic rings. The second-order valence-electron chi connectivity index (χ2n) is 5.69.